The Morgan fingerprint density at radius 2 is 2.11 bits per heavy atom. The number of ether oxygens (including phenoxy) is 1. The van der Waals surface area contributed by atoms with Gasteiger partial charge in [-0.3, -0.25) is 0 Å². The molecule has 1 aliphatic carbocycles. The summed E-state index contributed by atoms with van der Waals surface area (Å²) in [5.74, 6) is -0.155. The molecule has 1 fully saturated rings. The quantitative estimate of drug-likeness (QED) is 0.658. The third-order valence-electron chi connectivity index (χ3n) is 3.84. The number of methoxy groups -OCH3 is 1. The molecule has 3 nitrogen and oxygen atoms in total. The van der Waals surface area contributed by atoms with Gasteiger partial charge in [-0.25, -0.2) is 4.79 Å². The van der Waals surface area contributed by atoms with E-state index in [-0.39, 0.29) is 17.1 Å². The first-order valence-corrected chi connectivity index (χ1v) is 6.18. The third kappa shape index (κ3) is 2.01. The third-order valence-corrected chi connectivity index (χ3v) is 3.84. The Labute approximate surface area is 107 Å². The van der Waals surface area contributed by atoms with E-state index in [0.717, 1.165) is 31.2 Å². The first-order valence-electron chi connectivity index (χ1n) is 6.18. The van der Waals surface area contributed by atoms with Crippen LogP contribution in [0.3, 0.4) is 0 Å². The van der Waals surface area contributed by atoms with Gasteiger partial charge in [-0.05, 0) is 31.0 Å². The van der Waals surface area contributed by atoms with Crippen molar-refractivity contribution in [3.8, 4) is 5.75 Å². The van der Waals surface area contributed by atoms with Gasteiger partial charge in [0, 0.05) is 11.0 Å². The molecule has 1 aromatic carbocycles. The average molecular weight is 246 g/mol. The van der Waals surface area contributed by atoms with Gasteiger partial charge in [0.15, 0.2) is 0 Å². The summed E-state index contributed by atoms with van der Waals surface area (Å²) < 4.78 is 4.71. The van der Waals surface area contributed by atoms with Crippen molar-refractivity contribution in [2.45, 2.75) is 31.1 Å². The lowest BCUT2D eigenvalue weighted by Crippen LogP contribution is -2.19. The molecule has 0 saturated heterocycles. The van der Waals surface area contributed by atoms with E-state index >= 15 is 0 Å². The minimum atomic E-state index is -0.381. The molecule has 1 aromatic rings. The first kappa shape index (κ1) is 12.7. The van der Waals surface area contributed by atoms with Gasteiger partial charge < -0.3 is 9.84 Å². The van der Waals surface area contributed by atoms with Crippen LogP contribution in [0.2, 0.25) is 0 Å². The van der Waals surface area contributed by atoms with E-state index in [1.807, 2.05) is 6.08 Å². The highest BCUT2D eigenvalue weighted by Gasteiger charge is 2.35. The molecule has 0 aliphatic heterocycles. The Morgan fingerprint density at radius 1 is 1.44 bits per heavy atom. The van der Waals surface area contributed by atoms with Gasteiger partial charge in [-0.2, -0.15) is 0 Å². The largest absolute Gasteiger partial charge is 0.508 e. The number of aromatic hydroxyl groups is 1. The van der Waals surface area contributed by atoms with Crippen LogP contribution in [0, 0.1) is 0 Å². The molecule has 1 N–H and O–H groups in total. The normalized spacial score (nSPS) is 17.4. The number of benzene rings is 1. The zero-order valence-electron chi connectivity index (χ0n) is 10.6. The van der Waals surface area contributed by atoms with E-state index in [1.54, 1.807) is 18.2 Å². The minimum Gasteiger partial charge on any atom is -0.508 e. The van der Waals surface area contributed by atoms with Gasteiger partial charge in [-0.15, -0.1) is 6.58 Å². The molecule has 0 heterocycles. The zero-order valence-corrected chi connectivity index (χ0v) is 10.6. The van der Waals surface area contributed by atoms with Crippen molar-refractivity contribution >= 4 is 5.97 Å². The fraction of sp³-hybridized carbons (Fsp3) is 0.400. The van der Waals surface area contributed by atoms with Crippen LogP contribution in [0.5, 0.6) is 5.75 Å². The van der Waals surface area contributed by atoms with E-state index in [9.17, 15) is 9.90 Å². The number of phenols is 1. The molecule has 3 heteroatoms. The molecule has 2 rings (SSSR count). The van der Waals surface area contributed by atoms with Crippen LogP contribution in [-0.4, -0.2) is 18.2 Å². The second-order valence-corrected chi connectivity index (χ2v) is 4.79. The van der Waals surface area contributed by atoms with E-state index in [4.69, 9.17) is 4.74 Å². The average Bonchev–Trinajstić information content (AvgIpc) is 2.88. The van der Waals surface area contributed by atoms with Crippen molar-refractivity contribution in [1.29, 1.82) is 0 Å². The van der Waals surface area contributed by atoms with Gasteiger partial charge in [-0.1, -0.05) is 18.9 Å². The van der Waals surface area contributed by atoms with Crippen molar-refractivity contribution < 1.29 is 14.6 Å². The molecule has 0 aromatic heterocycles. The summed E-state index contributed by atoms with van der Waals surface area (Å²) in [7, 11) is 1.35. The molecule has 1 aliphatic rings. The number of hydrogen-bond donors (Lipinski definition) is 1. The number of carbonyl (C=O) groups is 1. The molecule has 0 radical (unpaired) electrons. The SMILES string of the molecule is C=CC1(c2cc(C(=O)OC)ccc2O)CCCC1. The first-order chi connectivity index (χ1) is 8.63. The van der Waals surface area contributed by atoms with Gasteiger partial charge in [0.05, 0.1) is 12.7 Å². The summed E-state index contributed by atoms with van der Waals surface area (Å²) in [4.78, 5) is 11.6. The van der Waals surface area contributed by atoms with Crippen LogP contribution >= 0.6 is 0 Å². The highest BCUT2D eigenvalue weighted by molar-refractivity contribution is 5.89. The van der Waals surface area contributed by atoms with Gasteiger partial charge >= 0.3 is 5.97 Å². The molecule has 0 bridgehead atoms. The fourth-order valence-corrected chi connectivity index (χ4v) is 2.77. The smallest absolute Gasteiger partial charge is 0.337 e. The van der Waals surface area contributed by atoms with Gasteiger partial charge in [0.1, 0.15) is 5.75 Å². The molecule has 0 unspecified atom stereocenters. The van der Waals surface area contributed by atoms with Crippen LogP contribution in [0.25, 0.3) is 0 Å². The summed E-state index contributed by atoms with van der Waals surface area (Å²) in [5.41, 5.74) is 1.06. The Kier molecular flexibility index (Phi) is 3.41. The zero-order chi connectivity index (χ0) is 13.2. The van der Waals surface area contributed by atoms with Crippen LogP contribution in [0.1, 0.15) is 41.6 Å². The van der Waals surface area contributed by atoms with Crippen molar-refractivity contribution in [1.82, 2.24) is 0 Å². The second kappa shape index (κ2) is 4.84. The highest BCUT2D eigenvalue weighted by Crippen LogP contribution is 2.45. The van der Waals surface area contributed by atoms with Gasteiger partial charge in [0.25, 0.3) is 0 Å². The predicted octanol–water partition coefficient (Wildman–Crippen LogP) is 3.18. The fourth-order valence-electron chi connectivity index (χ4n) is 2.77. The van der Waals surface area contributed by atoms with Crippen molar-refractivity contribution in [2.24, 2.45) is 0 Å². The summed E-state index contributed by atoms with van der Waals surface area (Å²) >= 11 is 0. The number of carbonyl (C=O) groups excluding carboxylic acids is 1. The topological polar surface area (TPSA) is 46.5 Å². The standard InChI is InChI=1S/C15H18O3/c1-3-15(8-4-5-9-15)12-10-11(14(17)18-2)6-7-13(12)16/h3,6-7,10,16H,1,4-5,8-9H2,2H3. The van der Waals surface area contributed by atoms with E-state index in [2.05, 4.69) is 6.58 Å². The highest BCUT2D eigenvalue weighted by atomic mass is 16.5. The maximum absolute atomic E-state index is 11.6. The van der Waals surface area contributed by atoms with E-state index < -0.39 is 0 Å². The molecule has 0 spiro atoms. The van der Waals surface area contributed by atoms with Crippen molar-refractivity contribution in [3.05, 3.63) is 42.0 Å². The van der Waals surface area contributed by atoms with Crippen molar-refractivity contribution in [2.75, 3.05) is 7.11 Å². The molecular formula is C15H18O3. The maximum atomic E-state index is 11.6. The molecule has 1 saturated carbocycles. The van der Waals surface area contributed by atoms with Gasteiger partial charge in [0.2, 0.25) is 0 Å². The number of phenolic OH excluding ortho intramolecular Hbond substituents is 1. The molecular weight excluding hydrogens is 228 g/mol. The summed E-state index contributed by atoms with van der Waals surface area (Å²) in [6, 6.07) is 4.87. The molecule has 0 atom stereocenters. The lowest BCUT2D eigenvalue weighted by atomic mass is 9.78. The Morgan fingerprint density at radius 3 is 2.67 bits per heavy atom. The monoisotopic (exact) mass is 246 g/mol. The predicted molar refractivity (Wildman–Crippen MR) is 69.8 cm³/mol. The molecule has 18 heavy (non-hydrogen) atoms. The van der Waals surface area contributed by atoms with Crippen LogP contribution in [-0.2, 0) is 10.2 Å². The van der Waals surface area contributed by atoms with Crippen molar-refractivity contribution in [3.63, 3.8) is 0 Å². The van der Waals surface area contributed by atoms with Crippen LogP contribution in [0.4, 0.5) is 0 Å². The Hall–Kier alpha value is -1.77. The second-order valence-electron chi connectivity index (χ2n) is 4.79. The lowest BCUT2D eigenvalue weighted by Gasteiger charge is -2.26. The lowest BCUT2D eigenvalue weighted by molar-refractivity contribution is 0.0600. The van der Waals surface area contributed by atoms with E-state index in [0.29, 0.717) is 5.56 Å². The van der Waals surface area contributed by atoms with Crippen LogP contribution in [0.15, 0.2) is 30.9 Å². The van der Waals surface area contributed by atoms with Crippen LogP contribution < -0.4 is 0 Å². The number of hydrogen-bond acceptors (Lipinski definition) is 3. The Bertz CT molecular complexity index is 471. The number of rotatable bonds is 3. The minimum absolute atomic E-state index is 0.200. The molecule has 0 amide bonds. The molecule has 96 valence electrons. The summed E-state index contributed by atoms with van der Waals surface area (Å²) in [5, 5.41) is 10.0. The number of esters is 1. The van der Waals surface area contributed by atoms with E-state index in [1.165, 1.54) is 7.11 Å². The number of allylic oxidation sites excluding steroid dienone is 1. The maximum Gasteiger partial charge on any atom is 0.337 e. The summed E-state index contributed by atoms with van der Waals surface area (Å²) in [6.07, 6.45) is 6.07. The summed E-state index contributed by atoms with van der Waals surface area (Å²) in [6.45, 7) is 3.90. The Balaban J connectivity index is 2.48.